The van der Waals surface area contributed by atoms with Gasteiger partial charge in [0.05, 0.1) is 0 Å². The highest BCUT2D eigenvalue weighted by Gasteiger charge is 2.24. The molecule has 2 aliphatic carbocycles. The van der Waals surface area contributed by atoms with Crippen molar-refractivity contribution >= 4 is 5.96 Å². The fourth-order valence-electron chi connectivity index (χ4n) is 5.32. The van der Waals surface area contributed by atoms with Crippen LogP contribution in [-0.2, 0) is 13.6 Å². The predicted molar refractivity (Wildman–Crippen MR) is 121 cm³/mol. The van der Waals surface area contributed by atoms with Crippen LogP contribution in [0.3, 0.4) is 0 Å². The van der Waals surface area contributed by atoms with E-state index in [0.29, 0.717) is 18.6 Å². The van der Waals surface area contributed by atoms with Gasteiger partial charge in [-0.25, -0.2) is 4.99 Å². The van der Waals surface area contributed by atoms with Gasteiger partial charge in [0, 0.05) is 38.8 Å². The summed E-state index contributed by atoms with van der Waals surface area (Å²) in [5, 5.41) is 15.9. The zero-order valence-electron chi connectivity index (χ0n) is 19.1. The first kappa shape index (κ1) is 21.6. The SMILES string of the molecule is Cc1nnc(CN=C(NC2CCCC2)NC2CCN(CC3CCCCC3)CC2)n1C. The number of aliphatic imine (C=N–C) groups is 1. The van der Waals surface area contributed by atoms with E-state index in [1.54, 1.807) is 0 Å². The van der Waals surface area contributed by atoms with Crippen molar-refractivity contribution in [2.24, 2.45) is 18.0 Å². The Balaban J connectivity index is 1.30. The van der Waals surface area contributed by atoms with Crippen LogP contribution in [0.15, 0.2) is 4.99 Å². The lowest BCUT2D eigenvalue weighted by molar-refractivity contribution is 0.160. The highest BCUT2D eigenvalue weighted by Crippen LogP contribution is 2.25. The second-order valence-corrected chi connectivity index (χ2v) is 9.74. The molecule has 0 amide bonds. The monoisotopic (exact) mass is 415 g/mol. The molecule has 7 heteroatoms. The van der Waals surface area contributed by atoms with Crippen LogP contribution in [0.5, 0.6) is 0 Å². The highest BCUT2D eigenvalue weighted by atomic mass is 15.3. The average molecular weight is 416 g/mol. The van der Waals surface area contributed by atoms with Gasteiger partial charge in [-0.2, -0.15) is 0 Å². The quantitative estimate of drug-likeness (QED) is 0.552. The standard InChI is InChI=1S/C23H41N7/c1-18-27-28-22(29(18)2)16-24-23(25-20-10-6-7-11-20)26-21-12-14-30(15-13-21)17-19-8-4-3-5-9-19/h19-21H,3-17H2,1-2H3,(H2,24,25,26). The largest absolute Gasteiger partial charge is 0.354 e. The van der Waals surface area contributed by atoms with Crippen LogP contribution in [0.4, 0.5) is 0 Å². The minimum atomic E-state index is 0.515. The average Bonchev–Trinajstić information content (AvgIpc) is 3.39. The van der Waals surface area contributed by atoms with E-state index >= 15 is 0 Å². The van der Waals surface area contributed by atoms with Gasteiger partial charge in [0.25, 0.3) is 0 Å². The third-order valence-corrected chi connectivity index (χ3v) is 7.43. The highest BCUT2D eigenvalue weighted by molar-refractivity contribution is 5.80. The van der Waals surface area contributed by atoms with Crippen molar-refractivity contribution in [3.05, 3.63) is 11.6 Å². The number of guanidine groups is 1. The number of hydrogen-bond acceptors (Lipinski definition) is 4. The normalized spacial score (nSPS) is 23.2. The van der Waals surface area contributed by atoms with Crippen LogP contribution >= 0.6 is 0 Å². The Bertz CT molecular complexity index is 678. The van der Waals surface area contributed by atoms with E-state index in [1.165, 1.54) is 90.3 Å². The number of hydrogen-bond donors (Lipinski definition) is 2. The molecule has 0 unspecified atom stereocenters. The summed E-state index contributed by atoms with van der Waals surface area (Å²) >= 11 is 0. The fourth-order valence-corrected chi connectivity index (χ4v) is 5.32. The Morgan fingerprint density at radius 1 is 0.900 bits per heavy atom. The summed E-state index contributed by atoms with van der Waals surface area (Å²) in [6.45, 7) is 6.30. The summed E-state index contributed by atoms with van der Waals surface area (Å²) in [5.74, 6) is 3.76. The lowest BCUT2D eigenvalue weighted by Crippen LogP contribution is -2.51. The molecule has 1 aromatic rings. The van der Waals surface area contributed by atoms with E-state index in [2.05, 4.69) is 25.7 Å². The molecular weight excluding hydrogens is 374 g/mol. The topological polar surface area (TPSA) is 70.4 Å². The summed E-state index contributed by atoms with van der Waals surface area (Å²) in [7, 11) is 2.01. The Labute approximate surface area is 182 Å². The van der Waals surface area contributed by atoms with Crippen LogP contribution < -0.4 is 10.6 Å². The zero-order chi connectivity index (χ0) is 20.8. The van der Waals surface area contributed by atoms with Gasteiger partial charge in [0.1, 0.15) is 12.4 Å². The molecule has 3 fully saturated rings. The summed E-state index contributed by atoms with van der Waals surface area (Å²) in [4.78, 5) is 7.60. The molecule has 0 spiro atoms. The Morgan fingerprint density at radius 3 is 2.17 bits per heavy atom. The maximum absolute atomic E-state index is 4.90. The lowest BCUT2D eigenvalue weighted by atomic mass is 9.88. The van der Waals surface area contributed by atoms with Gasteiger partial charge in [-0.3, -0.25) is 0 Å². The molecule has 2 heterocycles. The van der Waals surface area contributed by atoms with Crippen molar-refractivity contribution in [3.63, 3.8) is 0 Å². The molecule has 1 aliphatic heterocycles. The summed E-state index contributed by atoms with van der Waals surface area (Å²) in [6.07, 6.45) is 14.8. The van der Waals surface area contributed by atoms with E-state index in [0.717, 1.165) is 23.5 Å². The smallest absolute Gasteiger partial charge is 0.192 e. The van der Waals surface area contributed by atoms with Gasteiger partial charge >= 0.3 is 0 Å². The number of rotatable bonds is 6. The van der Waals surface area contributed by atoms with Crippen molar-refractivity contribution in [2.45, 2.75) is 96.2 Å². The molecule has 7 nitrogen and oxygen atoms in total. The van der Waals surface area contributed by atoms with Crippen molar-refractivity contribution in [2.75, 3.05) is 19.6 Å². The van der Waals surface area contributed by atoms with Gasteiger partial charge in [0.2, 0.25) is 0 Å². The molecule has 0 atom stereocenters. The molecule has 3 aliphatic rings. The number of likely N-dealkylation sites (tertiary alicyclic amines) is 1. The molecule has 4 rings (SSSR count). The molecule has 1 saturated heterocycles. The van der Waals surface area contributed by atoms with Gasteiger partial charge in [-0.1, -0.05) is 32.1 Å². The fraction of sp³-hybridized carbons (Fsp3) is 0.870. The maximum atomic E-state index is 4.90. The number of piperidine rings is 1. The molecule has 30 heavy (non-hydrogen) atoms. The molecule has 2 N–H and O–H groups in total. The van der Waals surface area contributed by atoms with Crippen LogP contribution in [-0.4, -0.2) is 57.3 Å². The van der Waals surface area contributed by atoms with Crippen LogP contribution in [0.1, 0.15) is 82.3 Å². The van der Waals surface area contributed by atoms with Crippen LogP contribution in [0.2, 0.25) is 0 Å². The van der Waals surface area contributed by atoms with Crippen molar-refractivity contribution < 1.29 is 0 Å². The lowest BCUT2D eigenvalue weighted by Gasteiger charge is -2.36. The molecule has 168 valence electrons. The number of aryl methyl sites for hydroxylation is 1. The van der Waals surface area contributed by atoms with E-state index in [9.17, 15) is 0 Å². The van der Waals surface area contributed by atoms with Gasteiger partial charge < -0.3 is 20.1 Å². The molecule has 0 aromatic carbocycles. The molecule has 0 bridgehead atoms. The summed E-state index contributed by atoms with van der Waals surface area (Å²) in [5.41, 5.74) is 0. The minimum Gasteiger partial charge on any atom is -0.354 e. The summed E-state index contributed by atoms with van der Waals surface area (Å²) < 4.78 is 2.03. The molecule has 1 aromatic heterocycles. The van der Waals surface area contributed by atoms with Crippen molar-refractivity contribution in [1.82, 2.24) is 30.3 Å². The first-order chi connectivity index (χ1) is 14.7. The molecule has 2 saturated carbocycles. The van der Waals surface area contributed by atoms with E-state index in [1.807, 2.05) is 18.5 Å². The third-order valence-electron chi connectivity index (χ3n) is 7.43. The van der Waals surface area contributed by atoms with Crippen LogP contribution in [0, 0.1) is 12.8 Å². The van der Waals surface area contributed by atoms with Crippen molar-refractivity contribution in [3.8, 4) is 0 Å². The van der Waals surface area contributed by atoms with Gasteiger partial charge in [-0.05, 0) is 51.4 Å². The third kappa shape index (κ3) is 5.96. The van der Waals surface area contributed by atoms with Crippen LogP contribution in [0.25, 0.3) is 0 Å². The zero-order valence-corrected chi connectivity index (χ0v) is 19.1. The first-order valence-corrected chi connectivity index (χ1v) is 12.3. The van der Waals surface area contributed by atoms with Gasteiger partial charge in [-0.15, -0.1) is 10.2 Å². The molecule has 0 radical (unpaired) electrons. The second-order valence-electron chi connectivity index (χ2n) is 9.74. The van der Waals surface area contributed by atoms with Gasteiger partial charge in [0.15, 0.2) is 11.8 Å². The van der Waals surface area contributed by atoms with E-state index in [4.69, 9.17) is 4.99 Å². The Kier molecular flexibility index (Phi) is 7.63. The number of nitrogens with one attached hydrogen (secondary N) is 2. The maximum Gasteiger partial charge on any atom is 0.192 e. The molecular formula is C23H41N7. The van der Waals surface area contributed by atoms with Crippen molar-refractivity contribution in [1.29, 1.82) is 0 Å². The first-order valence-electron chi connectivity index (χ1n) is 12.3. The Hall–Kier alpha value is -1.63. The second kappa shape index (κ2) is 10.6. The van der Waals surface area contributed by atoms with E-state index in [-0.39, 0.29) is 0 Å². The van der Waals surface area contributed by atoms with E-state index < -0.39 is 0 Å². The number of nitrogens with zero attached hydrogens (tertiary/aromatic N) is 5. The summed E-state index contributed by atoms with van der Waals surface area (Å²) in [6, 6.07) is 1.07. The predicted octanol–water partition coefficient (Wildman–Crippen LogP) is 3.15. The Morgan fingerprint density at radius 2 is 1.53 bits per heavy atom. The minimum absolute atomic E-state index is 0.515. The number of aromatic nitrogens is 3.